The fraction of sp³-hybridized carbons (Fsp3) is 0.600. The molecule has 1 aromatic heterocycles. The molecule has 0 saturated carbocycles. The summed E-state index contributed by atoms with van der Waals surface area (Å²) >= 11 is 0. The van der Waals surface area contributed by atoms with E-state index in [2.05, 4.69) is 24.4 Å². The van der Waals surface area contributed by atoms with Crippen molar-refractivity contribution < 1.29 is 4.42 Å². The lowest BCUT2D eigenvalue weighted by Crippen LogP contribution is -2.11. The second-order valence-corrected chi connectivity index (χ2v) is 3.31. The van der Waals surface area contributed by atoms with Crippen molar-refractivity contribution in [2.24, 2.45) is 0 Å². The summed E-state index contributed by atoms with van der Waals surface area (Å²) in [6.45, 7) is 3.25. The molecule has 1 fully saturated rings. The molecule has 2 nitrogen and oxygen atoms in total. The van der Waals surface area contributed by atoms with Crippen LogP contribution in [0.3, 0.4) is 0 Å². The van der Waals surface area contributed by atoms with Crippen LogP contribution in [0.2, 0.25) is 0 Å². The zero-order valence-corrected chi connectivity index (χ0v) is 7.47. The van der Waals surface area contributed by atoms with Gasteiger partial charge in [-0.15, -0.1) is 0 Å². The number of aryl methyl sites for hydroxylation is 1. The largest absolute Gasteiger partial charge is 0.464 e. The smallest absolute Gasteiger partial charge is 0.121 e. The van der Waals surface area contributed by atoms with Gasteiger partial charge in [-0.1, -0.05) is 6.92 Å². The lowest BCUT2D eigenvalue weighted by Gasteiger charge is -2.04. The third-order valence-corrected chi connectivity index (χ3v) is 2.43. The van der Waals surface area contributed by atoms with E-state index in [0.29, 0.717) is 6.04 Å². The van der Waals surface area contributed by atoms with Crippen LogP contribution in [0.15, 0.2) is 16.5 Å². The van der Waals surface area contributed by atoms with Gasteiger partial charge in [-0.05, 0) is 31.5 Å². The molecule has 2 heteroatoms. The predicted octanol–water partition coefficient (Wildman–Crippen LogP) is 2.27. The van der Waals surface area contributed by atoms with E-state index in [1.807, 2.05) is 0 Å². The van der Waals surface area contributed by atoms with Crippen LogP contribution in [0.4, 0.5) is 0 Å². The fourth-order valence-corrected chi connectivity index (χ4v) is 1.70. The average molecular weight is 165 g/mol. The van der Waals surface area contributed by atoms with Crippen LogP contribution < -0.4 is 5.32 Å². The Morgan fingerprint density at radius 3 is 3.08 bits per heavy atom. The Labute approximate surface area is 73.0 Å². The first-order chi connectivity index (χ1) is 5.90. The molecule has 0 amide bonds. The number of hydrogen-bond acceptors (Lipinski definition) is 2. The first kappa shape index (κ1) is 7.87. The monoisotopic (exact) mass is 165 g/mol. The van der Waals surface area contributed by atoms with Crippen LogP contribution in [0.25, 0.3) is 0 Å². The van der Waals surface area contributed by atoms with E-state index in [1.165, 1.54) is 12.8 Å². The molecule has 1 aliphatic heterocycles. The van der Waals surface area contributed by atoms with Crippen molar-refractivity contribution in [2.75, 3.05) is 6.54 Å². The van der Waals surface area contributed by atoms with Crippen molar-refractivity contribution in [3.05, 3.63) is 23.7 Å². The van der Waals surface area contributed by atoms with E-state index in [1.54, 1.807) is 0 Å². The molecule has 12 heavy (non-hydrogen) atoms. The van der Waals surface area contributed by atoms with Gasteiger partial charge in [0, 0.05) is 6.42 Å². The van der Waals surface area contributed by atoms with Gasteiger partial charge in [-0.2, -0.15) is 0 Å². The normalized spacial score (nSPS) is 23.2. The Bertz CT molecular complexity index is 248. The predicted molar refractivity (Wildman–Crippen MR) is 48.1 cm³/mol. The minimum absolute atomic E-state index is 0.477. The van der Waals surface area contributed by atoms with Crippen molar-refractivity contribution in [3.8, 4) is 0 Å². The van der Waals surface area contributed by atoms with Gasteiger partial charge in [-0.25, -0.2) is 0 Å². The number of rotatable bonds is 2. The highest BCUT2D eigenvalue weighted by molar-refractivity contribution is 5.11. The summed E-state index contributed by atoms with van der Waals surface area (Å²) in [5.41, 5.74) is 0. The second-order valence-electron chi connectivity index (χ2n) is 3.31. The third kappa shape index (κ3) is 1.39. The minimum Gasteiger partial charge on any atom is -0.464 e. The molecule has 0 aliphatic carbocycles. The summed E-state index contributed by atoms with van der Waals surface area (Å²) < 4.78 is 5.65. The summed E-state index contributed by atoms with van der Waals surface area (Å²) in [6.07, 6.45) is 3.48. The van der Waals surface area contributed by atoms with Gasteiger partial charge < -0.3 is 9.73 Å². The van der Waals surface area contributed by atoms with E-state index in [0.717, 1.165) is 24.5 Å². The molecule has 1 saturated heterocycles. The zero-order chi connectivity index (χ0) is 8.39. The number of hydrogen-bond donors (Lipinski definition) is 1. The topological polar surface area (TPSA) is 25.2 Å². The average Bonchev–Trinajstić information content (AvgIpc) is 2.75. The second kappa shape index (κ2) is 3.31. The quantitative estimate of drug-likeness (QED) is 0.727. The van der Waals surface area contributed by atoms with Gasteiger partial charge in [-0.3, -0.25) is 0 Å². The van der Waals surface area contributed by atoms with E-state index >= 15 is 0 Å². The van der Waals surface area contributed by atoms with Crippen LogP contribution >= 0.6 is 0 Å². The molecule has 0 bridgehead atoms. The molecule has 66 valence electrons. The van der Waals surface area contributed by atoms with Gasteiger partial charge in [0.05, 0.1) is 6.04 Å². The van der Waals surface area contributed by atoms with Gasteiger partial charge in [0.2, 0.25) is 0 Å². The van der Waals surface area contributed by atoms with Crippen LogP contribution in [0.5, 0.6) is 0 Å². The van der Waals surface area contributed by atoms with Crippen LogP contribution in [0.1, 0.15) is 37.3 Å². The zero-order valence-electron chi connectivity index (χ0n) is 7.47. The highest BCUT2D eigenvalue weighted by Crippen LogP contribution is 2.24. The van der Waals surface area contributed by atoms with Gasteiger partial charge >= 0.3 is 0 Å². The van der Waals surface area contributed by atoms with E-state index in [-0.39, 0.29) is 0 Å². The van der Waals surface area contributed by atoms with Crippen LogP contribution in [0, 0.1) is 0 Å². The van der Waals surface area contributed by atoms with Gasteiger partial charge in [0.1, 0.15) is 11.5 Å². The molecule has 0 aromatic carbocycles. The fourth-order valence-electron chi connectivity index (χ4n) is 1.70. The molecule has 2 heterocycles. The Balaban J connectivity index is 2.11. The number of furan rings is 1. The first-order valence-corrected chi connectivity index (χ1v) is 4.72. The lowest BCUT2D eigenvalue weighted by molar-refractivity contribution is 0.420. The first-order valence-electron chi connectivity index (χ1n) is 4.72. The Morgan fingerprint density at radius 2 is 2.50 bits per heavy atom. The lowest BCUT2D eigenvalue weighted by atomic mass is 10.2. The molecule has 2 rings (SSSR count). The Hall–Kier alpha value is -0.760. The summed E-state index contributed by atoms with van der Waals surface area (Å²) in [6, 6.07) is 4.65. The number of nitrogens with one attached hydrogen (secondary N) is 1. The van der Waals surface area contributed by atoms with Crippen molar-refractivity contribution in [1.82, 2.24) is 5.32 Å². The maximum Gasteiger partial charge on any atom is 0.121 e. The molecule has 0 unspecified atom stereocenters. The van der Waals surface area contributed by atoms with Crippen LogP contribution in [-0.2, 0) is 6.42 Å². The molecular weight excluding hydrogens is 150 g/mol. The Morgan fingerprint density at radius 1 is 1.58 bits per heavy atom. The minimum atomic E-state index is 0.477. The Kier molecular flexibility index (Phi) is 2.17. The van der Waals surface area contributed by atoms with E-state index in [4.69, 9.17) is 4.42 Å². The van der Waals surface area contributed by atoms with Crippen molar-refractivity contribution in [1.29, 1.82) is 0 Å². The van der Waals surface area contributed by atoms with Crippen molar-refractivity contribution >= 4 is 0 Å². The molecule has 1 aliphatic rings. The standard InChI is InChI=1S/C10H15NO/c1-2-8-5-6-10(12-8)9-4-3-7-11-9/h5-6,9,11H,2-4,7H2,1H3/t9-/m1/s1. The molecule has 0 spiro atoms. The summed E-state index contributed by atoms with van der Waals surface area (Å²) in [5, 5.41) is 3.42. The molecule has 1 atom stereocenters. The maximum atomic E-state index is 5.65. The summed E-state index contributed by atoms with van der Waals surface area (Å²) in [4.78, 5) is 0. The van der Waals surface area contributed by atoms with E-state index in [9.17, 15) is 0 Å². The van der Waals surface area contributed by atoms with Crippen molar-refractivity contribution in [3.63, 3.8) is 0 Å². The molecule has 1 N–H and O–H groups in total. The summed E-state index contributed by atoms with van der Waals surface area (Å²) in [7, 11) is 0. The maximum absolute atomic E-state index is 5.65. The van der Waals surface area contributed by atoms with Gasteiger partial charge in [0.25, 0.3) is 0 Å². The molecule has 0 radical (unpaired) electrons. The molecular formula is C10H15NO. The SMILES string of the molecule is CCc1ccc([C@H]2CCCN2)o1. The van der Waals surface area contributed by atoms with E-state index < -0.39 is 0 Å². The molecule has 1 aromatic rings. The third-order valence-electron chi connectivity index (χ3n) is 2.43. The van der Waals surface area contributed by atoms with Crippen molar-refractivity contribution in [2.45, 2.75) is 32.2 Å². The van der Waals surface area contributed by atoms with Crippen LogP contribution in [-0.4, -0.2) is 6.54 Å². The summed E-state index contributed by atoms with van der Waals surface area (Å²) in [5.74, 6) is 2.21. The highest BCUT2D eigenvalue weighted by atomic mass is 16.3. The van der Waals surface area contributed by atoms with Gasteiger partial charge in [0.15, 0.2) is 0 Å². The highest BCUT2D eigenvalue weighted by Gasteiger charge is 2.18.